The maximum absolute atomic E-state index is 12.2. The number of hydrogen-bond donors (Lipinski definition) is 2. The number of likely N-dealkylation sites (N-methyl/N-ethyl adjacent to an activating group) is 1. The van der Waals surface area contributed by atoms with Crippen LogP contribution in [-0.2, 0) is 4.79 Å². The highest BCUT2D eigenvalue weighted by Crippen LogP contribution is 2.10. The molecule has 2 N–H and O–H groups in total. The van der Waals surface area contributed by atoms with Gasteiger partial charge in [0, 0.05) is 50.9 Å². The number of hydrogen-bond acceptors (Lipinski definition) is 4. The van der Waals surface area contributed by atoms with Crippen LogP contribution in [0.2, 0.25) is 0 Å². The smallest absolute Gasteiger partial charge is 0.251 e. The molecule has 1 aliphatic heterocycles. The first-order valence-corrected chi connectivity index (χ1v) is 9.11. The average molecular weight is 346 g/mol. The third-order valence-electron chi connectivity index (χ3n) is 4.48. The minimum absolute atomic E-state index is 0.0914. The average Bonchev–Trinajstić information content (AvgIpc) is 2.59. The van der Waals surface area contributed by atoms with Gasteiger partial charge in [-0.05, 0) is 44.6 Å². The van der Waals surface area contributed by atoms with E-state index in [0.29, 0.717) is 17.8 Å². The lowest BCUT2D eigenvalue weighted by Gasteiger charge is -2.32. The van der Waals surface area contributed by atoms with E-state index in [1.807, 2.05) is 0 Å². The van der Waals surface area contributed by atoms with Gasteiger partial charge in [-0.15, -0.1) is 0 Å². The van der Waals surface area contributed by atoms with Gasteiger partial charge >= 0.3 is 0 Å². The van der Waals surface area contributed by atoms with E-state index >= 15 is 0 Å². The van der Waals surface area contributed by atoms with E-state index in [2.05, 4.69) is 27.5 Å². The van der Waals surface area contributed by atoms with Gasteiger partial charge in [-0.3, -0.25) is 9.59 Å². The second kappa shape index (κ2) is 10.2. The largest absolute Gasteiger partial charge is 0.352 e. The van der Waals surface area contributed by atoms with Crippen molar-refractivity contribution in [3.05, 3.63) is 29.8 Å². The van der Waals surface area contributed by atoms with E-state index < -0.39 is 0 Å². The van der Waals surface area contributed by atoms with Gasteiger partial charge in [0.15, 0.2) is 0 Å². The van der Waals surface area contributed by atoms with Crippen molar-refractivity contribution in [1.29, 1.82) is 0 Å². The van der Waals surface area contributed by atoms with Crippen LogP contribution in [0.1, 0.15) is 36.5 Å². The Kier molecular flexibility index (Phi) is 7.88. The molecule has 0 aromatic heterocycles. The number of rotatable bonds is 8. The molecule has 0 saturated carbocycles. The quantitative estimate of drug-likeness (QED) is 0.705. The molecule has 1 fully saturated rings. The summed E-state index contributed by atoms with van der Waals surface area (Å²) in [6.07, 6.45) is 3.29. The highest BCUT2D eigenvalue weighted by atomic mass is 16.2. The summed E-state index contributed by atoms with van der Waals surface area (Å²) in [7, 11) is 2.17. The minimum Gasteiger partial charge on any atom is -0.352 e. The Morgan fingerprint density at radius 2 is 1.84 bits per heavy atom. The summed E-state index contributed by atoms with van der Waals surface area (Å²) in [5.74, 6) is -0.232. The van der Waals surface area contributed by atoms with E-state index in [4.69, 9.17) is 0 Å². The van der Waals surface area contributed by atoms with Gasteiger partial charge in [-0.1, -0.05) is 12.5 Å². The van der Waals surface area contributed by atoms with E-state index in [0.717, 1.165) is 45.6 Å². The van der Waals surface area contributed by atoms with Gasteiger partial charge in [-0.25, -0.2) is 0 Å². The molecule has 0 spiro atoms. The van der Waals surface area contributed by atoms with Crippen molar-refractivity contribution in [2.75, 3.05) is 51.6 Å². The van der Waals surface area contributed by atoms with Gasteiger partial charge in [-0.2, -0.15) is 0 Å². The van der Waals surface area contributed by atoms with Crippen LogP contribution in [0.4, 0.5) is 5.69 Å². The second-order valence-electron chi connectivity index (χ2n) is 6.72. The Hall–Kier alpha value is -1.92. The SMILES string of the molecule is CC(=O)Nc1cccc(C(=O)NCCCCCN2CCN(C)CC2)c1. The Labute approximate surface area is 150 Å². The fourth-order valence-corrected chi connectivity index (χ4v) is 2.95. The Morgan fingerprint density at radius 1 is 1.08 bits per heavy atom. The third kappa shape index (κ3) is 7.23. The summed E-state index contributed by atoms with van der Waals surface area (Å²) in [6.45, 7) is 7.94. The number of amides is 2. The first-order valence-electron chi connectivity index (χ1n) is 9.11. The molecule has 6 heteroatoms. The summed E-state index contributed by atoms with van der Waals surface area (Å²) in [5.41, 5.74) is 1.22. The molecule has 2 rings (SSSR count). The molecule has 6 nitrogen and oxygen atoms in total. The zero-order valence-electron chi connectivity index (χ0n) is 15.4. The Bertz CT molecular complexity index is 568. The summed E-state index contributed by atoms with van der Waals surface area (Å²) < 4.78 is 0. The van der Waals surface area contributed by atoms with Crippen LogP contribution in [0, 0.1) is 0 Å². The maximum atomic E-state index is 12.2. The molecular formula is C19H30N4O2. The third-order valence-corrected chi connectivity index (χ3v) is 4.48. The maximum Gasteiger partial charge on any atom is 0.251 e. The standard InChI is InChI=1S/C19H30N4O2/c1-16(24)21-18-8-6-7-17(15-18)19(25)20-9-4-3-5-10-23-13-11-22(2)12-14-23/h6-8,15H,3-5,9-14H2,1-2H3,(H,20,25)(H,21,24). The lowest BCUT2D eigenvalue weighted by atomic mass is 10.1. The lowest BCUT2D eigenvalue weighted by molar-refractivity contribution is -0.114. The van der Waals surface area contributed by atoms with Gasteiger partial charge in [0.05, 0.1) is 0 Å². The van der Waals surface area contributed by atoms with Gasteiger partial charge in [0.25, 0.3) is 5.91 Å². The molecule has 0 atom stereocenters. The predicted octanol–water partition coefficient (Wildman–Crippen LogP) is 1.79. The van der Waals surface area contributed by atoms with Crippen molar-refractivity contribution < 1.29 is 9.59 Å². The molecule has 1 aromatic rings. The predicted molar refractivity (Wildman–Crippen MR) is 101 cm³/mol. The van der Waals surface area contributed by atoms with Gasteiger partial charge in [0.1, 0.15) is 0 Å². The number of piperazine rings is 1. The van der Waals surface area contributed by atoms with Crippen molar-refractivity contribution in [3.8, 4) is 0 Å². The molecule has 2 amide bonds. The lowest BCUT2D eigenvalue weighted by Crippen LogP contribution is -2.44. The molecule has 0 unspecified atom stereocenters. The number of nitrogens with zero attached hydrogens (tertiary/aromatic N) is 2. The number of nitrogens with one attached hydrogen (secondary N) is 2. The first-order chi connectivity index (χ1) is 12.0. The molecule has 25 heavy (non-hydrogen) atoms. The molecule has 138 valence electrons. The fraction of sp³-hybridized carbons (Fsp3) is 0.579. The summed E-state index contributed by atoms with van der Waals surface area (Å²) >= 11 is 0. The van der Waals surface area contributed by atoms with E-state index in [1.54, 1.807) is 24.3 Å². The zero-order valence-corrected chi connectivity index (χ0v) is 15.4. The van der Waals surface area contributed by atoms with Crippen LogP contribution in [0.25, 0.3) is 0 Å². The first kappa shape index (κ1) is 19.4. The van der Waals surface area contributed by atoms with Gasteiger partial charge in [0.2, 0.25) is 5.91 Å². The van der Waals surface area contributed by atoms with E-state index in [9.17, 15) is 9.59 Å². The second-order valence-corrected chi connectivity index (χ2v) is 6.72. The van der Waals surface area contributed by atoms with Crippen molar-refractivity contribution in [1.82, 2.24) is 15.1 Å². The molecule has 0 radical (unpaired) electrons. The Morgan fingerprint density at radius 3 is 2.56 bits per heavy atom. The number of unbranched alkanes of at least 4 members (excludes halogenated alkanes) is 2. The van der Waals surface area contributed by atoms with Crippen LogP contribution in [0.15, 0.2) is 24.3 Å². The topological polar surface area (TPSA) is 64.7 Å². The summed E-state index contributed by atoms with van der Waals surface area (Å²) in [6, 6.07) is 7.00. The van der Waals surface area contributed by atoms with Crippen molar-refractivity contribution in [3.63, 3.8) is 0 Å². The summed E-state index contributed by atoms with van der Waals surface area (Å²) in [5, 5.41) is 5.64. The number of benzene rings is 1. The monoisotopic (exact) mass is 346 g/mol. The number of carbonyl (C=O) groups is 2. The van der Waals surface area contributed by atoms with Crippen molar-refractivity contribution >= 4 is 17.5 Å². The highest BCUT2D eigenvalue weighted by Gasteiger charge is 2.12. The number of anilines is 1. The molecule has 1 heterocycles. The number of carbonyl (C=O) groups excluding carboxylic acids is 2. The van der Waals surface area contributed by atoms with Crippen molar-refractivity contribution in [2.24, 2.45) is 0 Å². The zero-order chi connectivity index (χ0) is 18.1. The molecule has 0 bridgehead atoms. The molecule has 1 aliphatic rings. The van der Waals surface area contributed by atoms with E-state index in [1.165, 1.54) is 13.3 Å². The highest BCUT2D eigenvalue weighted by molar-refractivity contribution is 5.96. The fourth-order valence-electron chi connectivity index (χ4n) is 2.95. The van der Waals surface area contributed by atoms with Crippen molar-refractivity contribution in [2.45, 2.75) is 26.2 Å². The van der Waals surface area contributed by atoms with Crippen LogP contribution in [0.3, 0.4) is 0 Å². The minimum atomic E-state index is -0.141. The molecular weight excluding hydrogens is 316 g/mol. The summed E-state index contributed by atoms with van der Waals surface area (Å²) in [4.78, 5) is 28.1. The molecule has 0 aliphatic carbocycles. The van der Waals surface area contributed by atoms with Crippen LogP contribution in [0.5, 0.6) is 0 Å². The van der Waals surface area contributed by atoms with E-state index in [-0.39, 0.29) is 11.8 Å². The van der Waals surface area contributed by atoms with Crippen LogP contribution >= 0.6 is 0 Å². The van der Waals surface area contributed by atoms with Crippen LogP contribution in [-0.4, -0.2) is 67.9 Å². The van der Waals surface area contributed by atoms with Crippen LogP contribution < -0.4 is 10.6 Å². The Balaban J connectivity index is 1.60. The normalized spacial score (nSPS) is 15.8. The van der Waals surface area contributed by atoms with Gasteiger partial charge < -0.3 is 20.4 Å². The molecule has 1 aromatic carbocycles. The molecule has 1 saturated heterocycles.